The number of nitrogens with two attached hydrogens (primary N) is 1. The van der Waals surface area contributed by atoms with Gasteiger partial charge in [-0.3, -0.25) is 5.41 Å². The molecule has 2 rings (SSSR count). The molecule has 180 valence electrons. The van der Waals surface area contributed by atoms with E-state index < -0.39 is 11.5 Å². The van der Waals surface area contributed by atoms with E-state index in [-0.39, 0.29) is 11.3 Å². The molecular formula is C26H38N4O3. The molecule has 0 heterocycles. The standard InChI is InChI=1S/C26H38N4O3/c1-7-18-13-20(15-22(14-18)33-17-25(3,4)16-30(5)6)26(8-2,24(31)32)29-21-11-9-19(10-12-21)23(27)28/h9-15,29H,7-8,16-17H2,1-6H3,(H3,27,28)(H,31,32). The van der Waals surface area contributed by atoms with Crippen molar-refractivity contribution in [1.29, 1.82) is 5.41 Å². The molecule has 2 aromatic carbocycles. The molecule has 0 aromatic heterocycles. The zero-order valence-corrected chi connectivity index (χ0v) is 20.7. The minimum atomic E-state index is -1.33. The summed E-state index contributed by atoms with van der Waals surface area (Å²) in [6.07, 6.45) is 1.09. The van der Waals surface area contributed by atoms with E-state index in [1.807, 2.05) is 46.1 Å². The first-order valence-electron chi connectivity index (χ1n) is 11.3. The van der Waals surface area contributed by atoms with E-state index in [9.17, 15) is 9.90 Å². The van der Waals surface area contributed by atoms with Gasteiger partial charge in [-0.25, -0.2) is 4.79 Å². The van der Waals surface area contributed by atoms with Crippen LogP contribution in [0.3, 0.4) is 0 Å². The minimum Gasteiger partial charge on any atom is -0.493 e. The van der Waals surface area contributed by atoms with E-state index in [1.165, 1.54) is 0 Å². The Kier molecular flexibility index (Phi) is 8.50. The second kappa shape index (κ2) is 10.7. The molecule has 0 saturated carbocycles. The Morgan fingerprint density at radius 3 is 2.27 bits per heavy atom. The number of nitrogens with one attached hydrogen (secondary N) is 2. The molecule has 0 aliphatic heterocycles. The summed E-state index contributed by atoms with van der Waals surface area (Å²) in [4.78, 5) is 14.7. The Morgan fingerprint density at radius 1 is 1.15 bits per heavy atom. The van der Waals surface area contributed by atoms with Crippen LogP contribution in [0.1, 0.15) is 50.8 Å². The third-order valence-electron chi connectivity index (χ3n) is 5.69. The van der Waals surface area contributed by atoms with E-state index >= 15 is 0 Å². The zero-order valence-electron chi connectivity index (χ0n) is 20.7. The van der Waals surface area contributed by atoms with Gasteiger partial charge >= 0.3 is 5.97 Å². The number of nitrogen functional groups attached to an aromatic ring is 1. The Labute approximate surface area is 197 Å². The highest BCUT2D eigenvalue weighted by Crippen LogP contribution is 2.34. The number of amidine groups is 1. The first kappa shape index (κ1) is 26.2. The SMILES string of the molecule is CCc1cc(OCC(C)(C)CN(C)C)cc(C(CC)(Nc2ccc(C(=N)N)cc2)C(=O)O)c1. The number of aryl methyl sites for hydroxylation is 1. The van der Waals surface area contributed by atoms with Crippen LogP contribution in [0.4, 0.5) is 5.69 Å². The number of benzene rings is 2. The van der Waals surface area contributed by atoms with Crippen molar-refractivity contribution in [3.05, 3.63) is 59.2 Å². The van der Waals surface area contributed by atoms with Crippen LogP contribution in [-0.2, 0) is 16.8 Å². The van der Waals surface area contributed by atoms with Gasteiger partial charge in [0, 0.05) is 23.2 Å². The molecule has 5 N–H and O–H groups in total. The predicted octanol–water partition coefficient (Wildman–Crippen LogP) is 4.30. The number of carboxylic acids is 1. The Balaban J connectivity index is 2.43. The van der Waals surface area contributed by atoms with Crippen molar-refractivity contribution in [2.24, 2.45) is 11.1 Å². The van der Waals surface area contributed by atoms with Gasteiger partial charge in [0.2, 0.25) is 0 Å². The number of nitrogens with zero attached hydrogens (tertiary/aromatic N) is 1. The van der Waals surface area contributed by atoms with Crippen LogP contribution in [0.5, 0.6) is 5.75 Å². The van der Waals surface area contributed by atoms with Gasteiger partial charge in [0.25, 0.3) is 0 Å². The molecule has 1 unspecified atom stereocenters. The molecular weight excluding hydrogens is 416 g/mol. The Morgan fingerprint density at radius 2 is 1.79 bits per heavy atom. The molecule has 7 nitrogen and oxygen atoms in total. The molecule has 2 aromatic rings. The number of anilines is 1. The smallest absolute Gasteiger partial charge is 0.334 e. The van der Waals surface area contributed by atoms with Crippen molar-refractivity contribution >= 4 is 17.5 Å². The summed E-state index contributed by atoms with van der Waals surface area (Å²) < 4.78 is 6.18. The first-order valence-corrected chi connectivity index (χ1v) is 11.3. The lowest BCUT2D eigenvalue weighted by molar-refractivity contribution is -0.142. The highest BCUT2D eigenvalue weighted by atomic mass is 16.5. The summed E-state index contributed by atoms with van der Waals surface area (Å²) in [5.41, 5.74) is 7.04. The highest BCUT2D eigenvalue weighted by molar-refractivity contribution is 5.95. The van der Waals surface area contributed by atoms with Gasteiger partial charge in [0.1, 0.15) is 11.6 Å². The quantitative estimate of drug-likeness (QED) is 0.281. The monoisotopic (exact) mass is 454 g/mol. The fourth-order valence-corrected chi connectivity index (χ4v) is 4.05. The van der Waals surface area contributed by atoms with Crippen LogP contribution < -0.4 is 15.8 Å². The van der Waals surface area contributed by atoms with Crippen molar-refractivity contribution in [1.82, 2.24) is 4.90 Å². The minimum absolute atomic E-state index is 0.0313. The maximum atomic E-state index is 12.6. The third-order valence-corrected chi connectivity index (χ3v) is 5.69. The molecule has 0 aliphatic carbocycles. The van der Waals surface area contributed by atoms with Crippen LogP contribution in [0.15, 0.2) is 42.5 Å². The molecule has 1 atom stereocenters. The number of rotatable bonds is 12. The van der Waals surface area contributed by atoms with Crippen molar-refractivity contribution in [3.63, 3.8) is 0 Å². The van der Waals surface area contributed by atoms with Gasteiger partial charge in [-0.05, 0) is 74.5 Å². The van der Waals surface area contributed by atoms with E-state index in [0.717, 1.165) is 18.5 Å². The average molecular weight is 455 g/mol. The van der Waals surface area contributed by atoms with Gasteiger partial charge in [-0.15, -0.1) is 0 Å². The van der Waals surface area contributed by atoms with Gasteiger partial charge < -0.3 is 25.8 Å². The van der Waals surface area contributed by atoms with E-state index in [1.54, 1.807) is 24.3 Å². The highest BCUT2D eigenvalue weighted by Gasteiger charge is 2.39. The van der Waals surface area contributed by atoms with Gasteiger partial charge in [0.05, 0.1) is 6.61 Å². The molecule has 0 bridgehead atoms. The lowest BCUT2D eigenvalue weighted by Gasteiger charge is -2.32. The van der Waals surface area contributed by atoms with Crippen LogP contribution in [0, 0.1) is 10.8 Å². The Bertz CT molecular complexity index is 970. The lowest BCUT2D eigenvalue weighted by Crippen LogP contribution is -2.43. The lowest BCUT2D eigenvalue weighted by atomic mass is 9.85. The number of hydrogen-bond acceptors (Lipinski definition) is 5. The van der Waals surface area contributed by atoms with Crippen LogP contribution in [0.25, 0.3) is 0 Å². The van der Waals surface area contributed by atoms with E-state index in [4.69, 9.17) is 15.9 Å². The maximum absolute atomic E-state index is 12.6. The number of ether oxygens (including phenoxy) is 1. The van der Waals surface area contributed by atoms with Gasteiger partial charge in [0.15, 0.2) is 5.54 Å². The molecule has 7 heteroatoms. The summed E-state index contributed by atoms with van der Waals surface area (Å²) in [6, 6.07) is 12.7. The van der Waals surface area contributed by atoms with Gasteiger partial charge in [-0.1, -0.05) is 33.8 Å². The zero-order chi connectivity index (χ0) is 24.8. The number of hydrogen-bond donors (Lipinski definition) is 4. The summed E-state index contributed by atoms with van der Waals surface area (Å²) >= 11 is 0. The molecule has 0 aliphatic rings. The number of carboxylic acid groups (broad SMARTS) is 1. The normalized spacial score (nSPS) is 13.4. The molecule has 0 saturated heterocycles. The molecule has 0 spiro atoms. The summed E-state index contributed by atoms with van der Waals surface area (Å²) in [6.45, 7) is 9.59. The van der Waals surface area contributed by atoms with Crippen molar-refractivity contribution in [3.8, 4) is 5.75 Å². The molecule has 0 radical (unpaired) electrons. The number of aliphatic carboxylic acids is 1. The van der Waals surface area contributed by atoms with Crippen LogP contribution >= 0.6 is 0 Å². The molecule has 0 fully saturated rings. The Hall–Kier alpha value is -3.06. The summed E-state index contributed by atoms with van der Waals surface area (Å²) in [5, 5.41) is 21.1. The average Bonchev–Trinajstić information content (AvgIpc) is 2.75. The van der Waals surface area contributed by atoms with Crippen molar-refractivity contribution in [2.75, 3.05) is 32.6 Å². The fourth-order valence-electron chi connectivity index (χ4n) is 4.05. The van der Waals surface area contributed by atoms with Crippen molar-refractivity contribution < 1.29 is 14.6 Å². The predicted molar refractivity (Wildman–Crippen MR) is 134 cm³/mol. The third kappa shape index (κ3) is 6.71. The number of carbonyl (C=O) groups is 1. The fraction of sp³-hybridized carbons (Fsp3) is 0.462. The first-order chi connectivity index (χ1) is 15.4. The van der Waals surface area contributed by atoms with Gasteiger partial charge in [-0.2, -0.15) is 0 Å². The largest absolute Gasteiger partial charge is 0.493 e. The maximum Gasteiger partial charge on any atom is 0.334 e. The topological polar surface area (TPSA) is 112 Å². The van der Waals surface area contributed by atoms with Crippen LogP contribution in [0.2, 0.25) is 0 Å². The molecule has 33 heavy (non-hydrogen) atoms. The summed E-state index contributed by atoms with van der Waals surface area (Å²) in [5.74, 6) is -0.326. The van der Waals surface area contributed by atoms with Crippen molar-refractivity contribution in [2.45, 2.75) is 46.1 Å². The van der Waals surface area contributed by atoms with E-state index in [2.05, 4.69) is 24.1 Å². The second-order valence-electron chi connectivity index (χ2n) is 9.59. The molecule has 0 amide bonds. The summed E-state index contributed by atoms with van der Waals surface area (Å²) in [7, 11) is 4.07. The second-order valence-corrected chi connectivity index (χ2v) is 9.59. The van der Waals surface area contributed by atoms with Crippen LogP contribution in [-0.4, -0.2) is 49.1 Å². The van der Waals surface area contributed by atoms with E-state index in [0.29, 0.717) is 35.6 Å².